The molecule has 0 bridgehead atoms. The van der Waals surface area contributed by atoms with Gasteiger partial charge in [0.25, 0.3) is 0 Å². The van der Waals surface area contributed by atoms with Crippen LogP contribution in [0.5, 0.6) is 5.75 Å². The van der Waals surface area contributed by atoms with Gasteiger partial charge < -0.3 is 9.30 Å². The van der Waals surface area contributed by atoms with Crippen LogP contribution >= 0.6 is 0 Å². The highest BCUT2D eigenvalue weighted by Crippen LogP contribution is 2.21. The molecule has 0 aliphatic heterocycles. The number of aromatic nitrogens is 2. The molecule has 2 heterocycles. The molecule has 0 unspecified atom stereocenters. The summed E-state index contributed by atoms with van der Waals surface area (Å²) in [5.74, 6) is 0.808. The summed E-state index contributed by atoms with van der Waals surface area (Å²) in [6.45, 7) is 2.59. The number of aldehydes is 1. The van der Waals surface area contributed by atoms with Crippen LogP contribution in [0, 0.1) is 6.92 Å². The zero-order valence-electron chi connectivity index (χ0n) is 12.0. The molecule has 2 aromatic heterocycles. The van der Waals surface area contributed by atoms with E-state index >= 15 is 0 Å². The third-order valence-corrected chi connectivity index (χ3v) is 3.52. The molecule has 0 aliphatic carbocycles. The van der Waals surface area contributed by atoms with Crippen molar-refractivity contribution in [1.29, 1.82) is 0 Å². The summed E-state index contributed by atoms with van der Waals surface area (Å²) in [6.07, 6.45) is 2.87. The number of ether oxygens (including phenoxy) is 1. The number of fused-ring (bicyclic) bond motifs is 1. The zero-order chi connectivity index (χ0) is 14.8. The predicted molar refractivity (Wildman–Crippen MR) is 82.0 cm³/mol. The molecule has 0 radical (unpaired) electrons. The maximum absolute atomic E-state index is 11.1. The number of carbonyl (C=O) groups excluding carboxylic acids is 1. The van der Waals surface area contributed by atoms with E-state index in [-0.39, 0.29) is 0 Å². The third-order valence-electron chi connectivity index (χ3n) is 3.52. The number of pyridine rings is 1. The van der Waals surface area contributed by atoms with Gasteiger partial charge in [-0.15, -0.1) is 0 Å². The van der Waals surface area contributed by atoms with Gasteiger partial charge in [-0.3, -0.25) is 9.78 Å². The number of rotatable bonds is 4. The van der Waals surface area contributed by atoms with Gasteiger partial charge in [-0.05, 0) is 19.1 Å². The average Bonchev–Trinajstić information content (AvgIpc) is 2.89. The monoisotopic (exact) mass is 280 g/mol. The molecule has 106 valence electrons. The highest BCUT2D eigenvalue weighted by Gasteiger charge is 2.07. The van der Waals surface area contributed by atoms with E-state index < -0.39 is 0 Å². The molecule has 3 rings (SSSR count). The Morgan fingerprint density at radius 1 is 1.29 bits per heavy atom. The number of carbonyl (C=O) groups is 1. The number of benzene rings is 1. The molecular weight excluding hydrogens is 264 g/mol. The van der Waals surface area contributed by atoms with Crippen molar-refractivity contribution in [2.45, 2.75) is 13.5 Å². The van der Waals surface area contributed by atoms with E-state index in [0.717, 1.165) is 34.3 Å². The topological polar surface area (TPSA) is 44.1 Å². The van der Waals surface area contributed by atoms with Crippen molar-refractivity contribution in [3.63, 3.8) is 0 Å². The molecular formula is C17H16N2O2. The van der Waals surface area contributed by atoms with Crippen molar-refractivity contribution >= 4 is 17.2 Å². The van der Waals surface area contributed by atoms with Crippen LogP contribution in [-0.4, -0.2) is 22.9 Å². The summed E-state index contributed by atoms with van der Waals surface area (Å²) in [6, 6.07) is 11.5. The predicted octanol–water partition coefficient (Wildman–Crippen LogP) is 3.21. The van der Waals surface area contributed by atoms with Gasteiger partial charge in [0.2, 0.25) is 0 Å². The fourth-order valence-electron chi connectivity index (χ4n) is 2.56. The van der Waals surface area contributed by atoms with Crippen molar-refractivity contribution in [2.24, 2.45) is 0 Å². The molecule has 0 fully saturated rings. The number of hydrogen-bond acceptors (Lipinski definition) is 3. The largest absolute Gasteiger partial charge is 0.497 e. The average molecular weight is 280 g/mol. The molecule has 1 aromatic carbocycles. The van der Waals surface area contributed by atoms with Gasteiger partial charge in [-0.1, -0.05) is 12.1 Å². The van der Waals surface area contributed by atoms with Crippen LogP contribution < -0.4 is 4.74 Å². The summed E-state index contributed by atoms with van der Waals surface area (Å²) >= 11 is 0. The zero-order valence-corrected chi connectivity index (χ0v) is 12.0. The van der Waals surface area contributed by atoms with Crippen LogP contribution in [0.1, 0.15) is 21.7 Å². The molecule has 0 amide bonds. The highest BCUT2D eigenvalue weighted by molar-refractivity contribution is 5.97. The highest BCUT2D eigenvalue weighted by atomic mass is 16.5. The SMILES string of the molecule is COc1cc(C)nc(Cn2ccc3c(C=O)cccc32)c1. The van der Waals surface area contributed by atoms with Gasteiger partial charge in [0.1, 0.15) is 5.75 Å². The van der Waals surface area contributed by atoms with E-state index in [1.165, 1.54) is 0 Å². The standard InChI is InChI=1S/C17H16N2O2/c1-12-8-15(21-2)9-14(18-12)10-19-7-6-16-13(11-20)4-3-5-17(16)19/h3-9,11H,10H2,1-2H3. The molecule has 3 aromatic rings. The Morgan fingerprint density at radius 2 is 2.14 bits per heavy atom. The van der Waals surface area contributed by atoms with Crippen molar-refractivity contribution < 1.29 is 9.53 Å². The number of methoxy groups -OCH3 is 1. The molecule has 0 N–H and O–H groups in total. The van der Waals surface area contributed by atoms with Crippen molar-refractivity contribution in [2.75, 3.05) is 7.11 Å². The third kappa shape index (κ3) is 2.52. The number of nitrogens with zero attached hydrogens (tertiary/aromatic N) is 2. The Hall–Kier alpha value is -2.62. The van der Waals surface area contributed by atoms with Gasteiger partial charge in [0.15, 0.2) is 6.29 Å². The molecule has 0 saturated heterocycles. The molecule has 4 heteroatoms. The van der Waals surface area contributed by atoms with Crippen molar-refractivity contribution in [3.05, 3.63) is 59.5 Å². The first-order valence-corrected chi connectivity index (χ1v) is 6.76. The van der Waals surface area contributed by atoms with Gasteiger partial charge >= 0.3 is 0 Å². The van der Waals surface area contributed by atoms with Crippen LogP contribution in [0.4, 0.5) is 0 Å². The summed E-state index contributed by atoms with van der Waals surface area (Å²) in [4.78, 5) is 15.6. The van der Waals surface area contributed by atoms with E-state index in [4.69, 9.17) is 4.74 Å². The quantitative estimate of drug-likeness (QED) is 0.689. The van der Waals surface area contributed by atoms with Crippen LogP contribution in [0.3, 0.4) is 0 Å². The minimum Gasteiger partial charge on any atom is -0.497 e. The lowest BCUT2D eigenvalue weighted by Crippen LogP contribution is -2.02. The fraction of sp³-hybridized carbons (Fsp3) is 0.176. The van der Waals surface area contributed by atoms with E-state index in [2.05, 4.69) is 9.55 Å². The number of aryl methyl sites for hydroxylation is 1. The van der Waals surface area contributed by atoms with E-state index in [1.54, 1.807) is 7.11 Å². The maximum Gasteiger partial charge on any atom is 0.150 e. The van der Waals surface area contributed by atoms with Crippen LogP contribution in [0.15, 0.2) is 42.6 Å². The Balaban J connectivity index is 2.02. The lowest BCUT2D eigenvalue weighted by atomic mass is 10.1. The lowest BCUT2D eigenvalue weighted by molar-refractivity contribution is 0.112. The van der Waals surface area contributed by atoms with Crippen molar-refractivity contribution in [3.8, 4) is 5.75 Å². The maximum atomic E-state index is 11.1. The Labute approximate surface area is 123 Å². The fourth-order valence-corrected chi connectivity index (χ4v) is 2.56. The second-order valence-electron chi connectivity index (χ2n) is 4.98. The second kappa shape index (κ2) is 5.40. The molecule has 0 saturated carbocycles. The van der Waals surface area contributed by atoms with Crippen LogP contribution in [-0.2, 0) is 6.54 Å². The molecule has 4 nitrogen and oxygen atoms in total. The second-order valence-corrected chi connectivity index (χ2v) is 4.98. The van der Waals surface area contributed by atoms with E-state index in [0.29, 0.717) is 12.1 Å². The lowest BCUT2D eigenvalue weighted by Gasteiger charge is -2.08. The number of hydrogen-bond donors (Lipinski definition) is 0. The first-order valence-electron chi connectivity index (χ1n) is 6.76. The normalized spacial score (nSPS) is 10.8. The minimum absolute atomic E-state index is 0.643. The van der Waals surface area contributed by atoms with Gasteiger partial charge in [0.05, 0.1) is 19.3 Å². The Bertz CT molecular complexity index is 806. The Morgan fingerprint density at radius 3 is 2.90 bits per heavy atom. The molecule has 21 heavy (non-hydrogen) atoms. The summed E-state index contributed by atoms with van der Waals surface area (Å²) in [5, 5.41) is 0.965. The first kappa shape index (κ1) is 13.4. The van der Waals surface area contributed by atoms with Crippen molar-refractivity contribution in [1.82, 2.24) is 9.55 Å². The summed E-state index contributed by atoms with van der Waals surface area (Å²) in [5.41, 5.74) is 3.60. The minimum atomic E-state index is 0.643. The smallest absolute Gasteiger partial charge is 0.150 e. The van der Waals surface area contributed by atoms with E-state index in [1.807, 2.05) is 49.5 Å². The van der Waals surface area contributed by atoms with Gasteiger partial charge in [0, 0.05) is 40.5 Å². The summed E-state index contributed by atoms with van der Waals surface area (Å²) < 4.78 is 7.37. The Kier molecular flexibility index (Phi) is 3.44. The van der Waals surface area contributed by atoms with E-state index in [9.17, 15) is 4.79 Å². The molecule has 0 aliphatic rings. The van der Waals surface area contributed by atoms with Gasteiger partial charge in [-0.2, -0.15) is 0 Å². The van der Waals surface area contributed by atoms with Gasteiger partial charge in [-0.25, -0.2) is 0 Å². The van der Waals surface area contributed by atoms with Crippen LogP contribution in [0.25, 0.3) is 10.9 Å². The molecule has 0 atom stereocenters. The molecule has 0 spiro atoms. The first-order chi connectivity index (χ1) is 10.2. The van der Waals surface area contributed by atoms with Crippen LogP contribution in [0.2, 0.25) is 0 Å². The summed E-state index contributed by atoms with van der Waals surface area (Å²) in [7, 11) is 1.65.